The van der Waals surface area contributed by atoms with Gasteiger partial charge in [-0.1, -0.05) is 62.4 Å². The highest BCUT2D eigenvalue weighted by Crippen LogP contribution is 2.24. The van der Waals surface area contributed by atoms with Crippen molar-refractivity contribution >= 4 is 5.97 Å². The molecule has 2 nitrogen and oxygen atoms in total. The molecule has 2 aromatic rings. The molecule has 0 radical (unpaired) electrons. The smallest absolute Gasteiger partial charge is 0.303 e. The molecular weight excluding hydrogens is 248 g/mol. The van der Waals surface area contributed by atoms with Gasteiger partial charge in [0, 0.05) is 0 Å². The van der Waals surface area contributed by atoms with Crippen LogP contribution in [-0.4, -0.2) is 11.1 Å². The maximum Gasteiger partial charge on any atom is 0.303 e. The van der Waals surface area contributed by atoms with Crippen LogP contribution in [0.5, 0.6) is 0 Å². The Balaban J connectivity index is 2.16. The summed E-state index contributed by atoms with van der Waals surface area (Å²) in [6, 6.07) is 16.7. The van der Waals surface area contributed by atoms with Gasteiger partial charge in [0.25, 0.3) is 0 Å². The molecule has 0 saturated carbocycles. The molecule has 0 aliphatic carbocycles. The molecular formula is C18H20O2. The van der Waals surface area contributed by atoms with E-state index >= 15 is 0 Å². The minimum Gasteiger partial charge on any atom is -0.481 e. The van der Waals surface area contributed by atoms with Crippen LogP contribution in [0.15, 0.2) is 48.5 Å². The Morgan fingerprint density at radius 1 is 1.00 bits per heavy atom. The zero-order valence-electron chi connectivity index (χ0n) is 12.0. The van der Waals surface area contributed by atoms with E-state index in [1.807, 2.05) is 19.1 Å². The summed E-state index contributed by atoms with van der Waals surface area (Å²) in [6.45, 7) is 4.09. The summed E-state index contributed by atoms with van der Waals surface area (Å²) in [4.78, 5) is 10.7. The SMILES string of the molecule is CCc1ccc(-c2ccc([C@H](C)CC(=O)O)cc2)cc1. The Morgan fingerprint density at radius 3 is 1.95 bits per heavy atom. The van der Waals surface area contributed by atoms with Crippen LogP contribution >= 0.6 is 0 Å². The fraction of sp³-hybridized carbons (Fsp3) is 0.278. The molecule has 0 aliphatic rings. The number of carbonyl (C=O) groups is 1. The molecule has 1 N–H and O–H groups in total. The molecule has 0 aliphatic heterocycles. The summed E-state index contributed by atoms with van der Waals surface area (Å²) in [5.74, 6) is -0.708. The van der Waals surface area contributed by atoms with E-state index in [2.05, 4.69) is 43.3 Å². The van der Waals surface area contributed by atoms with E-state index in [-0.39, 0.29) is 12.3 Å². The van der Waals surface area contributed by atoms with Gasteiger partial charge in [0.2, 0.25) is 0 Å². The van der Waals surface area contributed by atoms with Crippen molar-refractivity contribution < 1.29 is 9.90 Å². The first kappa shape index (κ1) is 14.3. The Kier molecular flexibility index (Phi) is 4.57. The van der Waals surface area contributed by atoms with Crippen molar-refractivity contribution in [2.75, 3.05) is 0 Å². The number of aliphatic carboxylic acids is 1. The lowest BCUT2D eigenvalue weighted by atomic mass is 9.95. The molecule has 0 unspecified atom stereocenters. The van der Waals surface area contributed by atoms with Gasteiger partial charge < -0.3 is 5.11 Å². The molecule has 0 aromatic heterocycles. The van der Waals surface area contributed by atoms with Crippen LogP contribution in [0.3, 0.4) is 0 Å². The third kappa shape index (κ3) is 3.47. The molecule has 0 bridgehead atoms. The normalized spacial score (nSPS) is 12.1. The number of rotatable bonds is 5. The Hall–Kier alpha value is -2.09. The van der Waals surface area contributed by atoms with Gasteiger partial charge in [0.1, 0.15) is 0 Å². The van der Waals surface area contributed by atoms with E-state index < -0.39 is 5.97 Å². The molecule has 20 heavy (non-hydrogen) atoms. The first-order chi connectivity index (χ1) is 9.60. The van der Waals surface area contributed by atoms with E-state index in [1.165, 1.54) is 16.7 Å². The molecule has 0 spiro atoms. The minimum absolute atomic E-state index is 0.0454. The molecule has 0 heterocycles. The number of aryl methyl sites for hydroxylation is 1. The van der Waals surface area contributed by atoms with E-state index in [0.29, 0.717) is 0 Å². The van der Waals surface area contributed by atoms with Gasteiger partial charge in [0.15, 0.2) is 0 Å². The van der Waals surface area contributed by atoms with E-state index in [4.69, 9.17) is 5.11 Å². The van der Waals surface area contributed by atoms with Crippen molar-refractivity contribution in [2.24, 2.45) is 0 Å². The lowest BCUT2D eigenvalue weighted by molar-refractivity contribution is -0.137. The van der Waals surface area contributed by atoms with E-state index in [0.717, 1.165) is 12.0 Å². The van der Waals surface area contributed by atoms with Crippen LogP contribution < -0.4 is 0 Å². The fourth-order valence-corrected chi connectivity index (χ4v) is 2.32. The van der Waals surface area contributed by atoms with Gasteiger partial charge in [-0.15, -0.1) is 0 Å². The molecule has 1 atom stereocenters. The van der Waals surface area contributed by atoms with Crippen LogP contribution in [0.4, 0.5) is 0 Å². The average Bonchev–Trinajstić information content (AvgIpc) is 2.47. The topological polar surface area (TPSA) is 37.3 Å². The Labute approximate surface area is 120 Å². The number of benzene rings is 2. The largest absolute Gasteiger partial charge is 0.481 e. The quantitative estimate of drug-likeness (QED) is 0.867. The summed E-state index contributed by atoms with van der Waals surface area (Å²) in [5.41, 5.74) is 4.76. The predicted octanol–water partition coefficient (Wildman–Crippen LogP) is 4.49. The van der Waals surface area contributed by atoms with Gasteiger partial charge in [-0.05, 0) is 34.6 Å². The predicted molar refractivity (Wildman–Crippen MR) is 81.9 cm³/mol. The molecule has 2 heteroatoms. The molecule has 0 amide bonds. The lowest BCUT2D eigenvalue weighted by Gasteiger charge is -2.10. The Morgan fingerprint density at radius 2 is 1.50 bits per heavy atom. The lowest BCUT2D eigenvalue weighted by Crippen LogP contribution is -2.02. The summed E-state index contributed by atoms with van der Waals surface area (Å²) in [6.07, 6.45) is 1.22. The Bertz CT molecular complexity index is 567. The van der Waals surface area contributed by atoms with Crippen molar-refractivity contribution in [3.63, 3.8) is 0 Å². The zero-order valence-corrected chi connectivity index (χ0v) is 12.0. The van der Waals surface area contributed by atoms with Gasteiger partial charge in [0.05, 0.1) is 6.42 Å². The van der Waals surface area contributed by atoms with Crippen LogP contribution in [0, 0.1) is 0 Å². The maximum absolute atomic E-state index is 10.7. The summed E-state index contributed by atoms with van der Waals surface area (Å²) in [7, 11) is 0. The standard InChI is InChI=1S/C18H20O2/c1-3-14-4-6-16(7-5-14)17-10-8-15(9-11-17)13(2)12-18(19)20/h4-11,13H,3,12H2,1-2H3,(H,19,20)/t13-/m1/s1. The van der Waals surface area contributed by atoms with Crippen LogP contribution in [-0.2, 0) is 11.2 Å². The summed E-state index contributed by atoms with van der Waals surface area (Å²) < 4.78 is 0. The highest BCUT2D eigenvalue weighted by atomic mass is 16.4. The number of carboxylic acids is 1. The van der Waals surface area contributed by atoms with Crippen molar-refractivity contribution in [1.29, 1.82) is 0 Å². The van der Waals surface area contributed by atoms with E-state index in [9.17, 15) is 4.79 Å². The van der Waals surface area contributed by atoms with Gasteiger partial charge in [-0.2, -0.15) is 0 Å². The first-order valence-corrected chi connectivity index (χ1v) is 7.01. The number of hydrogen-bond donors (Lipinski definition) is 1. The van der Waals surface area contributed by atoms with Crippen molar-refractivity contribution in [2.45, 2.75) is 32.6 Å². The fourth-order valence-electron chi connectivity index (χ4n) is 2.32. The molecule has 104 valence electrons. The molecule has 2 rings (SSSR count). The van der Waals surface area contributed by atoms with Gasteiger partial charge in [-0.25, -0.2) is 0 Å². The van der Waals surface area contributed by atoms with Crippen molar-refractivity contribution in [3.8, 4) is 11.1 Å². The second-order valence-electron chi connectivity index (χ2n) is 5.17. The highest BCUT2D eigenvalue weighted by molar-refractivity contribution is 5.68. The number of hydrogen-bond acceptors (Lipinski definition) is 1. The van der Waals surface area contributed by atoms with Crippen molar-refractivity contribution in [3.05, 3.63) is 59.7 Å². The summed E-state index contributed by atoms with van der Waals surface area (Å²) in [5, 5.41) is 8.83. The van der Waals surface area contributed by atoms with Crippen LogP contribution in [0.25, 0.3) is 11.1 Å². The highest BCUT2D eigenvalue weighted by Gasteiger charge is 2.10. The second kappa shape index (κ2) is 6.38. The number of carboxylic acid groups (broad SMARTS) is 1. The average molecular weight is 268 g/mol. The third-order valence-electron chi connectivity index (χ3n) is 3.66. The van der Waals surface area contributed by atoms with E-state index in [1.54, 1.807) is 0 Å². The monoisotopic (exact) mass is 268 g/mol. The van der Waals surface area contributed by atoms with Crippen LogP contribution in [0.1, 0.15) is 37.3 Å². The van der Waals surface area contributed by atoms with Crippen LogP contribution in [0.2, 0.25) is 0 Å². The second-order valence-corrected chi connectivity index (χ2v) is 5.17. The minimum atomic E-state index is -0.753. The van der Waals surface area contributed by atoms with Gasteiger partial charge in [-0.3, -0.25) is 4.79 Å². The maximum atomic E-state index is 10.7. The molecule has 0 saturated heterocycles. The molecule has 0 fully saturated rings. The summed E-state index contributed by atoms with van der Waals surface area (Å²) >= 11 is 0. The zero-order chi connectivity index (χ0) is 14.5. The van der Waals surface area contributed by atoms with Crippen molar-refractivity contribution in [1.82, 2.24) is 0 Å². The first-order valence-electron chi connectivity index (χ1n) is 7.01. The third-order valence-corrected chi connectivity index (χ3v) is 3.66. The van der Waals surface area contributed by atoms with Gasteiger partial charge >= 0.3 is 5.97 Å². The molecule has 2 aromatic carbocycles.